The Kier molecular flexibility index (Phi) is 8.78. The zero-order valence-corrected chi connectivity index (χ0v) is 30.3. The average Bonchev–Trinajstić information content (AvgIpc) is 3.80. The fraction of sp³-hybridized carbons (Fsp3) is 0.341. The standard InChI is InChI=1S/C41H35ClF3N7O3/c1-2-29-33(44)10-7-23-14-28(53)16-30(34(23)29)36-35(45)37-31(18-47-36)38(49-40(48-37)55-22-41-11-5-13-51(41)19-24(43)17-41)50-20-26-8-9-27(21-50)52(26)39(54)32(42)15-25-6-3-4-12-46-25/h1,3-4,6-7,10,12,14-16,18,24,26-27,53H,5,8-9,11,13,17,19-22H2/b32-15-/t24-,26?,27?,41+/m1/s1. The predicted octanol–water partition coefficient (Wildman–Crippen LogP) is 6.62. The second kappa shape index (κ2) is 13.7. The number of phenols is 1. The van der Waals surface area contributed by atoms with Gasteiger partial charge in [0.25, 0.3) is 5.91 Å². The largest absolute Gasteiger partial charge is 0.508 e. The molecule has 4 aliphatic rings. The lowest BCUT2D eigenvalue weighted by molar-refractivity contribution is -0.129. The van der Waals surface area contributed by atoms with Gasteiger partial charge in [-0.3, -0.25) is 19.7 Å². The van der Waals surface area contributed by atoms with Gasteiger partial charge in [0.05, 0.1) is 34.3 Å². The molecule has 4 fully saturated rings. The first-order valence-corrected chi connectivity index (χ1v) is 18.7. The summed E-state index contributed by atoms with van der Waals surface area (Å²) in [6.45, 7) is 1.96. The number of halogens is 4. The summed E-state index contributed by atoms with van der Waals surface area (Å²) in [5.41, 5.74) is -0.258. The molecule has 10 nitrogen and oxygen atoms in total. The Morgan fingerprint density at radius 1 is 1.11 bits per heavy atom. The van der Waals surface area contributed by atoms with Gasteiger partial charge >= 0.3 is 6.01 Å². The van der Waals surface area contributed by atoms with Gasteiger partial charge in [-0.25, -0.2) is 13.2 Å². The van der Waals surface area contributed by atoms with Crippen LogP contribution < -0.4 is 9.64 Å². The van der Waals surface area contributed by atoms with Gasteiger partial charge in [-0.05, 0) is 74.0 Å². The van der Waals surface area contributed by atoms with Gasteiger partial charge in [0.15, 0.2) is 5.82 Å². The summed E-state index contributed by atoms with van der Waals surface area (Å²) >= 11 is 6.56. The maximum absolute atomic E-state index is 17.1. The number of benzene rings is 2. The number of ether oxygens (including phenoxy) is 1. The molecule has 4 aliphatic heterocycles. The van der Waals surface area contributed by atoms with Crippen molar-refractivity contribution in [2.75, 3.05) is 37.7 Å². The number of aromatic nitrogens is 4. The van der Waals surface area contributed by atoms with Crippen molar-refractivity contribution in [2.45, 2.75) is 55.9 Å². The summed E-state index contributed by atoms with van der Waals surface area (Å²) in [5, 5.41) is 11.6. The Morgan fingerprint density at radius 2 is 1.93 bits per heavy atom. The lowest BCUT2D eigenvalue weighted by atomic mass is 9.95. The van der Waals surface area contributed by atoms with Gasteiger partial charge in [0, 0.05) is 49.4 Å². The summed E-state index contributed by atoms with van der Waals surface area (Å²) in [6.07, 6.45) is 12.8. The van der Waals surface area contributed by atoms with E-state index in [1.807, 2.05) is 15.9 Å². The number of alkyl halides is 1. The molecule has 280 valence electrons. The Hall–Kier alpha value is -5.45. The lowest BCUT2D eigenvalue weighted by Crippen LogP contribution is -2.56. The van der Waals surface area contributed by atoms with Crippen LogP contribution in [0, 0.1) is 24.0 Å². The number of fused-ring (bicyclic) bond motifs is 5. The molecule has 9 rings (SSSR count). The van der Waals surface area contributed by atoms with Gasteiger partial charge in [0.2, 0.25) is 0 Å². The third-order valence-corrected chi connectivity index (χ3v) is 11.8. The van der Waals surface area contributed by atoms with Crippen LogP contribution in [-0.2, 0) is 4.79 Å². The number of piperazine rings is 1. The van der Waals surface area contributed by atoms with Gasteiger partial charge in [-0.2, -0.15) is 9.97 Å². The van der Waals surface area contributed by atoms with Crippen LogP contribution in [-0.4, -0.2) is 97.3 Å². The fourth-order valence-corrected chi connectivity index (χ4v) is 9.31. The molecule has 2 bridgehead atoms. The molecule has 0 saturated carbocycles. The number of phenolic OH excluding ortho intramolecular Hbond substituents is 1. The van der Waals surface area contributed by atoms with Crippen LogP contribution >= 0.6 is 11.6 Å². The minimum Gasteiger partial charge on any atom is -0.508 e. The minimum absolute atomic E-state index is 0.0566. The highest BCUT2D eigenvalue weighted by Crippen LogP contribution is 2.43. The number of hydrogen-bond donors (Lipinski definition) is 1. The summed E-state index contributed by atoms with van der Waals surface area (Å²) in [6, 6.07) is 10.2. The quantitative estimate of drug-likeness (QED) is 0.145. The summed E-state index contributed by atoms with van der Waals surface area (Å²) in [7, 11) is 0. The van der Waals surface area contributed by atoms with Crippen molar-refractivity contribution in [3.05, 3.63) is 82.8 Å². The van der Waals surface area contributed by atoms with Crippen molar-refractivity contribution in [2.24, 2.45) is 0 Å². The molecule has 55 heavy (non-hydrogen) atoms. The zero-order valence-electron chi connectivity index (χ0n) is 29.6. The number of hydrogen-bond acceptors (Lipinski definition) is 9. The normalized spacial score (nSPS) is 23.8. The first-order valence-electron chi connectivity index (χ1n) is 18.3. The first kappa shape index (κ1) is 35.3. The number of pyridine rings is 2. The Morgan fingerprint density at radius 3 is 2.69 bits per heavy atom. The second-order valence-corrected chi connectivity index (χ2v) is 15.2. The van der Waals surface area contributed by atoms with Crippen molar-refractivity contribution in [3.8, 4) is 35.4 Å². The molecule has 4 saturated heterocycles. The maximum Gasteiger partial charge on any atom is 0.319 e. The third-order valence-electron chi connectivity index (χ3n) is 11.5. The van der Waals surface area contributed by atoms with Crippen LogP contribution in [0.4, 0.5) is 19.0 Å². The zero-order chi connectivity index (χ0) is 38.0. The van der Waals surface area contributed by atoms with Crippen LogP contribution in [0.3, 0.4) is 0 Å². The number of nitrogens with zero attached hydrogens (tertiary/aromatic N) is 7. The summed E-state index contributed by atoms with van der Waals surface area (Å²) in [4.78, 5) is 37.8. The van der Waals surface area contributed by atoms with Gasteiger partial charge in [-0.15, -0.1) is 6.42 Å². The van der Waals surface area contributed by atoms with Gasteiger partial charge in [-0.1, -0.05) is 29.7 Å². The van der Waals surface area contributed by atoms with E-state index >= 15 is 4.39 Å². The van der Waals surface area contributed by atoms with Crippen LogP contribution in [0.25, 0.3) is 39.0 Å². The molecule has 2 unspecified atom stereocenters. The molecule has 1 N–H and O–H groups in total. The molecular weight excluding hydrogens is 731 g/mol. The topological polar surface area (TPSA) is 108 Å². The van der Waals surface area contributed by atoms with Gasteiger partial charge in [0.1, 0.15) is 46.4 Å². The summed E-state index contributed by atoms with van der Waals surface area (Å²) in [5.74, 6) is 0.722. The Bertz CT molecular complexity index is 2430. The number of carbonyl (C=O) groups excluding carboxylic acids is 1. The smallest absolute Gasteiger partial charge is 0.319 e. The van der Waals surface area contributed by atoms with Crippen LogP contribution in [0.15, 0.2) is 59.9 Å². The molecule has 3 aromatic heterocycles. The fourth-order valence-electron chi connectivity index (χ4n) is 9.10. The van der Waals surface area contributed by atoms with Crippen molar-refractivity contribution < 1.29 is 27.8 Å². The van der Waals surface area contributed by atoms with E-state index in [0.717, 1.165) is 32.2 Å². The molecule has 14 heteroatoms. The van der Waals surface area contributed by atoms with Gasteiger partial charge < -0.3 is 19.6 Å². The van der Waals surface area contributed by atoms with Crippen LogP contribution in [0.5, 0.6) is 11.8 Å². The lowest BCUT2D eigenvalue weighted by Gasteiger charge is -2.41. The highest BCUT2D eigenvalue weighted by molar-refractivity contribution is 6.44. The molecule has 7 heterocycles. The maximum atomic E-state index is 17.1. The highest BCUT2D eigenvalue weighted by atomic mass is 35.5. The van der Waals surface area contributed by atoms with Crippen molar-refractivity contribution >= 4 is 51.1 Å². The number of terminal acetylenes is 1. The van der Waals surface area contributed by atoms with E-state index in [2.05, 4.69) is 25.8 Å². The van der Waals surface area contributed by atoms with E-state index in [1.165, 1.54) is 30.5 Å². The molecular formula is C41H35ClF3N7O3. The monoisotopic (exact) mass is 765 g/mol. The van der Waals surface area contributed by atoms with Crippen molar-refractivity contribution in [1.82, 2.24) is 29.7 Å². The third kappa shape index (κ3) is 6.08. The van der Waals surface area contributed by atoms with Crippen LogP contribution in [0.2, 0.25) is 0 Å². The van der Waals surface area contributed by atoms with Crippen molar-refractivity contribution in [1.29, 1.82) is 0 Å². The number of anilines is 1. The Labute approximate surface area is 319 Å². The molecule has 2 aromatic carbocycles. The number of rotatable bonds is 7. The molecule has 4 atom stereocenters. The molecule has 1 amide bonds. The van der Waals surface area contributed by atoms with E-state index < -0.39 is 23.3 Å². The number of aromatic hydroxyl groups is 1. The van der Waals surface area contributed by atoms with E-state index in [1.54, 1.807) is 24.4 Å². The molecule has 0 spiro atoms. The van der Waals surface area contributed by atoms with E-state index in [0.29, 0.717) is 48.3 Å². The molecule has 5 aromatic rings. The SMILES string of the molecule is C#Cc1c(F)ccc2cc(O)cc(-c3ncc4c(N5CC6CCC(C5)N6C(=O)/C(Cl)=C/c5ccccn5)nc(OC[C@@]56CCCN5C[C@H](F)C6)nc4c3F)c12. The van der Waals surface area contributed by atoms with E-state index in [4.69, 9.17) is 27.7 Å². The predicted molar refractivity (Wildman–Crippen MR) is 202 cm³/mol. The van der Waals surface area contributed by atoms with E-state index in [9.17, 15) is 18.7 Å². The number of carbonyl (C=O) groups is 1. The van der Waals surface area contributed by atoms with Crippen molar-refractivity contribution in [3.63, 3.8) is 0 Å². The summed E-state index contributed by atoms with van der Waals surface area (Å²) < 4.78 is 53.0. The average molecular weight is 766 g/mol. The Balaban J connectivity index is 1.12. The van der Waals surface area contributed by atoms with Crippen LogP contribution in [0.1, 0.15) is 43.4 Å². The highest BCUT2D eigenvalue weighted by Gasteiger charge is 2.50. The minimum atomic E-state index is -0.973. The number of amides is 1. The molecule has 0 aliphatic carbocycles. The second-order valence-electron chi connectivity index (χ2n) is 14.8. The first-order chi connectivity index (χ1) is 26.6. The molecule has 0 radical (unpaired) electrons. The van der Waals surface area contributed by atoms with E-state index in [-0.39, 0.29) is 69.1 Å².